The van der Waals surface area contributed by atoms with Gasteiger partial charge in [0.05, 0.1) is 18.2 Å². The molecule has 0 saturated carbocycles. The first kappa shape index (κ1) is 48.0. The van der Waals surface area contributed by atoms with Gasteiger partial charge in [-0.25, -0.2) is 0 Å². The molecule has 0 unspecified atom stereocenters. The first-order chi connectivity index (χ1) is 30.0. The lowest BCUT2D eigenvalue weighted by molar-refractivity contribution is -0.141. The van der Waals surface area contributed by atoms with Gasteiger partial charge < -0.3 is 42.0 Å². The van der Waals surface area contributed by atoms with Gasteiger partial charge in [-0.3, -0.25) is 33.6 Å². The van der Waals surface area contributed by atoms with Crippen molar-refractivity contribution in [3.05, 3.63) is 94.5 Å². The molecule has 1 heterocycles. The van der Waals surface area contributed by atoms with E-state index in [4.69, 9.17) is 10.5 Å². The molecule has 338 valence electrons. The Kier molecular flexibility index (Phi) is 16.6. The maximum absolute atomic E-state index is 13.9. The summed E-state index contributed by atoms with van der Waals surface area (Å²) in [5, 5.41) is 14.3. The van der Waals surface area contributed by atoms with Gasteiger partial charge in [-0.15, -0.1) is 0 Å². The molecule has 7 N–H and O–H groups in total. The van der Waals surface area contributed by atoms with E-state index in [9.17, 15) is 33.6 Å². The molecule has 1 aliphatic heterocycles. The Hall–Kier alpha value is -6.09. The first-order valence-corrected chi connectivity index (χ1v) is 22.0. The van der Waals surface area contributed by atoms with Crippen molar-refractivity contribution in [3.8, 4) is 5.75 Å². The van der Waals surface area contributed by atoms with E-state index in [1.807, 2.05) is 65.8 Å². The van der Waals surface area contributed by atoms with Crippen LogP contribution in [-0.4, -0.2) is 102 Å². The van der Waals surface area contributed by atoms with Gasteiger partial charge in [-0.05, 0) is 89.0 Å². The minimum absolute atomic E-state index is 0.0257. The average Bonchev–Trinajstić information content (AvgIpc) is 3.74. The zero-order chi connectivity index (χ0) is 45.8. The number of fused-ring (bicyclic) bond motifs is 2. The van der Waals surface area contributed by atoms with E-state index in [1.165, 1.54) is 4.90 Å². The minimum atomic E-state index is -0.927. The SMILES string of the molecule is CCC[C@H](NC(=O)[C@@H](N)Cc1ccc(OC(C)(C)C)cc1)C(=O)NCC(=O)N[C@@H](CC(C)C)C(=O)N1CCC[C@H]1C(=O)NCCCNc1cccc2c1C(=O)c1ccccc1C2=O. The molecule has 1 aliphatic carbocycles. The molecule has 5 amide bonds. The molecule has 0 bridgehead atoms. The zero-order valence-electron chi connectivity index (χ0n) is 37.3. The smallest absolute Gasteiger partial charge is 0.245 e. The maximum Gasteiger partial charge on any atom is 0.245 e. The number of carbonyl (C=O) groups is 7. The third kappa shape index (κ3) is 13.0. The highest BCUT2D eigenvalue weighted by Gasteiger charge is 2.38. The number of hydrogen-bond acceptors (Lipinski definition) is 10. The summed E-state index contributed by atoms with van der Waals surface area (Å²) in [6.45, 7) is 12.2. The number of carbonyl (C=O) groups excluding carboxylic acids is 7. The van der Waals surface area contributed by atoms with E-state index >= 15 is 0 Å². The molecule has 4 atom stereocenters. The van der Waals surface area contributed by atoms with Crippen molar-refractivity contribution >= 4 is 46.8 Å². The number of anilines is 1. The van der Waals surface area contributed by atoms with Crippen LogP contribution in [0.3, 0.4) is 0 Å². The second kappa shape index (κ2) is 21.8. The predicted molar refractivity (Wildman–Crippen MR) is 240 cm³/mol. The quantitative estimate of drug-likeness (QED) is 0.0701. The monoisotopic (exact) mass is 865 g/mol. The highest BCUT2D eigenvalue weighted by molar-refractivity contribution is 6.30. The fourth-order valence-electron chi connectivity index (χ4n) is 7.90. The molecule has 3 aromatic rings. The molecular formula is C48H63N7O8. The summed E-state index contributed by atoms with van der Waals surface area (Å²) in [6, 6.07) is 15.8. The van der Waals surface area contributed by atoms with Gasteiger partial charge in [0.1, 0.15) is 29.5 Å². The molecule has 1 fully saturated rings. The molecule has 2 aliphatic rings. The first-order valence-electron chi connectivity index (χ1n) is 22.0. The van der Waals surface area contributed by atoms with Crippen molar-refractivity contribution in [2.75, 3.05) is 31.5 Å². The van der Waals surface area contributed by atoms with Crippen molar-refractivity contribution in [1.82, 2.24) is 26.2 Å². The minimum Gasteiger partial charge on any atom is -0.488 e. The summed E-state index contributed by atoms with van der Waals surface area (Å²) in [6.07, 6.45) is 3.05. The van der Waals surface area contributed by atoms with Crippen LogP contribution in [0.1, 0.15) is 117 Å². The van der Waals surface area contributed by atoms with Crippen LogP contribution >= 0.6 is 0 Å². The molecule has 63 heavy (non-hydrogen) atoms. The van der Waals surface area contributed by atoms with E-state index in [2.05, 4.69) is 26.6 Å². The van der Waals surface area contributed by atoms with Crippen LogP contribution in [0.2, 0.25) is 0 Å². The number of amides is 5. The Labute approximate surface area is 370 Å². The number of likely N-dealkylation sites (tertiary alicyclic amines) is 1. The summed E-state index contributed by atoms with van der Waals surface area (Å²) >= 11 is 0. The standard InChI is InChI=1S/C48H63N7O8/c1-7-13-37(54-44(59)35(49)27-30-19-21-31(22-20-30)63-48(4,5)6)45(60)52-28-40(56)53-38(26-29(2)3)47(62)55-25-11-18-39(55)46(61)51-24-12-23-50-36-17-10-16-34-41(36)43(58)33-15-9-8-14-32(33)42(34)57/h8-10,14-17,19-22,29,35,37-39,50H,7,11-13,18,23-28,49H2,1-6H3,(H,51,61)(H,52,60)(H,53,56)(H,54,59)/t35-,37-,38-,39-/m0/s1. The number of nitrogens with zero attached hydrogens (tertiary/aromatic N) is 1. The van der Waals surface area contributed by atoms with E-state index in [1.54, 1.807) is 42.5 Å². The van der Waals surface area contributed by atoms with Gasteiger partial charge in [0.15, 0.2) is 11.6 Å². The van der Waals surface area contributed by atoms with Gasteiger partial charge in [0.2, 0.25) is 29.5 Å². The summed E-state index contributed by atoms with van der Waals surface area (Å²) in [7, 11) is 0. The van der Waals surface area contributed by atoms with Crippen molar-refractivity contribution in [2.45, 2.75) is 116 Å². The van der Waals surface area contributed by atoms with Gasteiger partial charge in [0.25, 0.3) is 0 Å². The third-order valence-electron chi connectivity index (χ3n) is 10.9. The van der Waals surface area contributed by atoms with E-state index in [0.29, 0.717) is 91.8 Å². The Morgan fingerprint density at radius 1 is 0.825 bits per heavy atom. The van der Waals surface area contributed by atoms with E-state index < -0.39 is 48.4 Å². The van der Waals surface area contributed by atoms with Crippen LogP contribution in [0.4, 0.5) is 5.69 Å². The van der Waals surface area contributed by atoms with Crippen LogP contribution in [0.5, 0.6) is 5.75 Å². The molecule has 0 radical (unpaired) electrons. The van der Waals surface area contributed by atoms with Crippen molar-refractivity contribution in [3.63, 3.8) is 0 Å². The maximum atomic E-state index is 13.9. The average molecular weight is 866 g/mol. The Morgan fingerprint density at radius 2 is 1.51 bits per heavy atom. The van der Waals surface area contributed by atoms with Crippen LogP contribution in [0.25, 0.3) is 0 Å². The highest BCUT2D eigenvalue weighted by atomic mass is 16.5. The van der Waals surface area contributed by atoms with Crippen molar-refractivity contribution in [2.24, 2.45) is 11.7 Å². The Bertz CT molecular complexity index is 2150. The Balaban J connectivity index is 1.08. The Morgan fingerprint density at radius 3 is 2.17 bits per heavy atom. The summed E-state index contributed by atoms with van der Waals surface area (Å²) < 4.78 is 5.86. The van der Waals surface area contributed by atoms with Gasteiger partial charge in [0, 0.05) is 42.0 Å². The lowest BCUT2D eigenvalue weighted by Crippen LogP contribution is -2.56. The summed E-state index contributed by atoms with van der Waals surface area (Å²) in [5.74, 6) is -2.00. The van der Waals surface area contributed by atoms with Gasteiger partial charge in [-0.2, -0.15) is 0 Å². The number of ether oxygens (including phenoxy) is 1. The molecule has 15 nitrogen and oxygen atoms in total. The lowest BCUT2D eigenvalue weighted by Gasteiger charge is -2.29. The number of benzene rings is 3. The predicted octanol–water partition coefficient (Wildman–Crippen LogP) is 4.05. The number of ketones is 2. The normalized spacial score (nSPS) is 16.0. The number of rotatable bonds is 20. The van der Waals surface area contributed by atoms with Crippen LogP contribution in [-0.2, 0) is 30.4 Å². The molecule has 0 spiro atoms. The second-order valence-electron chi connectivity index (χ2n) is 17.7. The second-order valence-corrected chi connectivity index (χ2v) is 17.7. The fraction of sp³-hybridized carbons (Fsp3) is 0.479. The number of nitrogens with two attached hydrogens (primary N) is 1. The lowest BCUT2D eigenvalue weighted by atomic mass is 9.83. The topological polar surface area (TPSA) is 218 Å². The molecular weight excluding hydrogens is 803 g/mol. The van der Waals surface area contributed by atoms with Crippen molar-refractivity contribution < 1.29 is 38.3 Å². The van der Waals surface area contributed by atoms with Gasteiger partial charge >= 0.3 is 0 Å². The van der Waals surface area contributed by atoms with E-state index in [0.717, 1.165) is 5.56 Å². The fourth-order valence-corrected chi connectivity index (χ4v) is 7.90. The molecule has 1 saturated heterocycles. The third-order valence-corrected chi connectivity index (χ3v) is 10.9. The molecule has 3 aromatic carbocycles. The zero-order valence-corrected chi connectivity index (χ0v) is 37.3. The van der Waals surface area contributed by atoms with Crippen LogP contribution in [0.15, 0.2) is 66.7 Å². The molecule has 15 heteroatoms. The van der Waals surface area contributed by atoms with Crippen LogP contribution < -0.4 is 37.1 Å². The summed E-state index contributed by atoms with van der Waals surface area (Å²) in [4.78, 5) is 94.9. The number of hydrogen-bond donors (Lipinski definition) is 6. The number of nitrogens with one attached hydrogen (secondary N) is 5. The molecule has 5 rings (SSSR count). The van der Waals surface area contributed by atoms with Crippen molar-refractivity contribution in [1.29, 1.82) is 0 Å². The largest absolute Gasteiger partial charge is 0.488 e. The summed E-state index contributed by atoms with van der Waals surface area (Å²) in [5.41, 5.74) is 8.70. The molecule has 0 aromatic heterocycles. The van der Waals surface area contributed by atoms with Crippen LogP contribution in [0, 0.1) is 5.92 Å². The van der Waals surface area contributed by atoms with E-state index in [-0.39, 0.29) is 41.3 Å². The van der Waals surface area contributed by atoms with Gasteiger partial charge in [-0.1, -0.05) is 75.7 Å². The highest BCUT2D eigenvalue weighted by Crippen LogP contribution is 2.32.